The van der Waals surface area contributed by atoms with E-state index in [2.05, 4.69) is 51.3 Å². The average molecular weight is 1310 g/mol. The quantitative estimate of drug-likeness (QED) is 0.0369. The molecule has 4 saturated carbocycles. The van der Waals surface area contributed by atoms with E-state index in [9.17, 15) is 70.2 Å². The van der Waals surface area contributed by atoms with Crippen LogP contribution in [0.4, 0.5) is 0 Å². The Balaban J connectivity index is 0.849. The van der Waals surface area contributed by atoms with E-state index >= 15 is 4.79 Å². The van der Waals surface area contributed by atoms with Gasteiger partial charge in [-0.1, -0.05) is 77.8 Å². The van der Waals surface area contributed by atoms with E-state index in [1.807, 2.05) is 6.92 Å². The third-order valence-corrected chi connectivity index (χ3v) is 23.7. The van der Waals surface area contributed by atoms with Crippen LogP contribution in [0, 0.1) is 56.2 Å². The molecule has 93 heavy (non-hydrogen) atoms. The summed E-state index contributed by atoms with van der Waals surface area (Å²) in [5.41, 5.74) is -1.91. The van der Waals surface area contributed by atoms with Gasteiger partial charge in [0.2, 0.25) is 12.2 Å². The topological polar surface area (TPSA) is 376 Å². The van der Waals surface area contributed by atoms with Gasteiger partial charge in [0.15, 0.2) is 25.0 Å². The molecule has 0 bridgehead atoms. The fraction of sp³-hybridized carbons (Fsp3) is 0.725. The van der Waals surface area contributed by atoms with Gasteiger partial charge in [0, 0.05) is 18.5 Å². The molecule has 10 rings (SSSR count). The predicted molar refractivity (Wildman–Crippen MR) is 330 cm³/mol. The number of carbonyl (C=O) groups excluding carboxylic acids is 5. The van der Waals surface area contributed by atoms with E-state index in [1.165, 1.54) is 13.0 Å². The molecule has 7 fully saturated rings. The Labute approximate surface area is 542 Å². The van der Waals surface area contributed by atoms with Crippen molar-refractivity contribution in [1.29, 1.82) is 0 Å². The first-order valence-electron chi connectivity index (χ1n) is 33.2. The molecule has 24 heteroatoms. The van der Waals surface area contributed by atoms with Crippen LogP contribution in [0.1, 0.15) is 158 Å². The average Bonchev–Trinajstić information content (AvgIpc) is 0.673. The third-order valence-electron chi connectivity index (χ3n) is 23.7. The summed E-state index contributed by atoms with van der Waals surface area (Å²) in [6.07, 6.45) is -11.2. The number of carbonyl (C=O) groups is 5. The molecule has 5 aliphatic carbocycles. The van der Waals surface area contributed by atoms with Crippen molar-refractivity contribution in [2.24, 2.45) is 56.2 Å². The summed E-state index contributed by atoms with van der Waals surface area (Å²) in [6.45, 7) is 12.8. The number of nitrogens with one attached hydrogen (secondary N) is 2. The van der Waals surface area contributed by atoms with Crippen molar-refractivity contribution < 1.29 is 108 Å². The molecule has 24 atom stereocenters. The Bertz CT molecular complexity index is 3040. The van der Waals surface area contributed by atoms with Crippen LogP contribution in [-0.2, 0) is 49.4 Å². The van der Waals surface area contributed by atoms with Crippen LogP contribution in [0.15, 0.2) is 54.1 Å². The molecule has 2 aromatic rings. The van der Waals surface area contributed by atoms with Gasteiger partial charge in [-0.25, -0.2) is 0 Å². The van der Waals surface area contributed by atoms with Gasteiger partial charge >= 0.3 is 5.97 Å². The number of aromatic hydroxyl groups is 1. The molecule has 0 aromatic heterocycles. The zero-order valence-electron chi connectivity index (χ0n) is 54.3. The fourth-order valence-corrected chi connectivity index (χ4v) is 17.9. The fourth-order valence-electron chi connectivity index (χ4n) is 17.9. The van der Waals surface area contributed by atoms with Gasteiger partial charge in [0.05, 0.1) is 67.2 Å². The second-order valence-corrected chi connectivity index (χ2v) is 29.6. The van der Waals surface area contributed by atoms with E-state index in [0.717, 1.165) is 24.7 Å². The molecule has 3 aliphatic heterocycles. The van der Waals surface area contributed by atoms with Crippen LogP contribution >= 0.6 is 0 Å². The number of phenolic OH excluding ortho intramolecular Hbond substituents is 1. The minimum atomic E-state index is -1.87. The van der Waals surface area contributed by atoms with Crippen LogP contribution in [0.2, 0.25) is 0 Å². The number of aldehydes is 2. The first-order chi connectivity index (χ1) is 44.1. The van der Waals surface area contributed by atoms with Crippen LogP contribution in [-0.4, -0.2) is 200 Å². The highest BCUT2D eigenvalue weighted by Crippen LogP contribution is 2.76. The number of unbranched alkanes of at least 4 members (excludes halogenated alkanes) is 2. The molecule has 516 valence electrons. The summed E-state index contributed by atoms with van der Waals surface area (Å²) in [5.74, 6) is -3.61. The lowest BCUT2D eigenvalue weighted by molar-refractivity contribution is -0.365. The van der Waals surface area contributed by atoms with Gasteiger partial charge in [0.1, 0.15) is 66.4 Å². The monoisotopic (exact) mass is 1310 g/mol. The number of fused-ring (bicyclic) bond motifs is 7. The first-order valence-corrected chi connectivity index (χ1v) is 33.2. The molecule has 2 amide bonds. The van der Waals surface area contributed by atoms with Gasteiger partial charge < -0.3 is 99.7 Å². The molecule has 3 saturated heterocycles. The number of ether oxygens (including phenoxy) is 7. The van der Waals surface area contributed by atoms with E-state index in [1.54, 1.807) is 36.4 Å². The summed E-state index contributed by atoms with van der Waals surface area (Å²) >= 11 is 0. The second kappa shape index (κ2) is 27.8. The summed E-state index contributed by atoms with van der Waals surface area (Å²) in [7, 11) is 0. The molecule has 0 radical (unpaired) electrons. The molecule has 0 spiro atoms. The van der Waals surface area contributed by atoms with Crippen LogP contribution in [0.3, 0.4) is 0 Å². The maximum Gasteiger partial charge on any atom is 0.317 e. The summed E-state index contributed by atoms with van der Waals surface area (Å²) < 4.78 is 42.9. The molecular formula is C69H98N2O22. The number of aliphatic hydroxyl groups excluding tert-OH is 9. The minimum Gasteiger partial charge on any atom is -0.507 e. The highest BCUT2D eigenvalue weighted by molar-refractivity contribution is 5.94. The number of hydrogen-bond acceptors (Lipinski definition) is 22. The van der Waals surface area contributed by atoms with Gasteiger partial charge in [0.25, 0.3) is 5.91 Å². The molecule has 24 nitrogen and oxygen atoms in total. The largest absolute Gasteiger partial charge is 0.507 e. The van der Waals surface area contributed by atoms with Gasteiger partial charge in [-0.05, 0) is 147 Å². The Morgan fingerprint density at radius 2 is 1.47 bits per heavy atom. The van der Waals surface area contributed by atoms with Crippen molar-refractivity contribution >= 4 is 30.4 Å². The van der Waals surface area contributed by atoms with Crippen LogP contribution in [0.5, 0.6) is 11.5 Å². The van der Waals surface area contributed by atoms with E-state index in [-0.39, 0.29) is 78.0 Å². The molecule has 15 unspecified atom stereocenters. The number of esters is 1. The van der Waals surface area contributed by atoms with Crippen LogP contribution < -0.4 is 15.4 Å². The highest BCUT2D eigenvalue weighted by atomic mass is 16.8. The highest BCUT2D eigenvalue weighted by Gasteiger charge is 2.72. The normalized spacial score (nSPS) is 41.9. The Kier molecular flexibility index (Phi) is 21.2. The lowest BCUT2D eigenvalue weighted by Crippen LogP contribution is -2.69. The number of benzene rings is 2. The van der Waals surface area contributed by atoms with Crippen molar-refractivity contribution in [3.63, 3.8) is 0 Å². The zero-order valence-corrected chi connectivity index (χ0v) is 54.3. The van der Waals surface area contributed by atoms with Gasteiger partial charge in [-0.3, -0.25) is 19.2 Å². The SMILES string of the molecule is CC1O[C@@H](OC2C(O)[C@@H](NC(=O)CCCCCNC(=O)c3ccc(COc4cccc(O)c4C=O)cc3)C(CO)O[C@H]2OC(=O)[C@]23CCC(C)(C)CC2C2=CCC4C5(C)CC[C@H](O)C(C)(C=O)[C@H]5CCC4(C)C2(C)CC3O)C(CO)C(O)[C@H]1O[C@@H]1OC[C@@H](O)C(O)C1O. The predicted octanol–water partition coefficient (Wildman–Crippen LogP) is 3.42. The maximum absolute atomic E-state index is 15.8. The Morgan fingerprint density at radius 3 is 2.17 bits per heavy atom. The maximum atomic E-state index is 15.8. The van der Waals surface area contributed by atoms with Crippen molar-refractivity contribution in [3.05, 3.63) is 70.8 Å². The smallest absolute Gasteiger partial charge is 0.317 e. The summed E-state index contributed by atoms with van der Waals surface area (Å²) in [4.78, 5) is 67.1. The molecule has 2 aromatic carbocycles. The van der Waals surface area contributed by atoms with Gasteiger partial charge in [-0.15, -0.1) is 0 Å². The first kappa shape index (κ1) is 70.8. The van der Waals surface area contributed by atoms with E-state index in [4.69, 9.17) is 33.2 Å². The number of allylic oxidation sites excluding steroid dienone is 2. The Morgan fingerprint density at radius 1 is 0.742 bits per heavy atom. The summed E-state index contributed by atoms with van der Waals surface area (Å²) in [6, 6.07) is 9.76. The minimum absolute atomic E-state index is 0.0307. The third kappa shape index (κ3) is 13.0. The number of aliphatic hydroxyl groups is 9. The lowest BCUT2D eigenvalue weighted by atomic mass is 9.33. The lowest BCUT2D eigenvalue weighted by Gasteiger charge is -2.71. The second-order valence-electron chi connectivity index (χ2n) is 29.6. The van der Waals surface area contributed by atoms with Crippen molar-refractivity contribution in [2.75, 3.05) is 26.4 Å². The number of hydrogen-bond donors (Lipinski definition) is 12. The van der Waals surface area contributed by atoms with Gasteiger partial charge in [-0.2, -0.15) is 0 Å². The number of rotatable bonds is 21. The Hall–Kier alpha value is -5.03. The van der Waals surface area contributed by atoms with Crippen molar-refractivity contribution in [3.8, 4) is 11.5 Å². The molecular weight excluding hydrogens is 1210 g/mol. The van der Waals surface area contributed by atoms with Crippen molar-refractivity contribution in [1.82, 2.24) is 10.6 Å². The van der Waals surface area contributed by atoms with E-state index < -0.39 is 157 Å². The zero-order chi connectivity index (χ0) is 67.3. The van der Waals surface area contributed by atoms with Crippen LogP contribution in [0.25, 0.3) is 0 Å². The molecule has 12 N–H and O–H groups in total. The van der Waals surface area contributed by atoms with Crippen molar-refractivity contribution in [2.45, 2.75) is 231 Å². The molecule has 8 aliphatic rings. The molecule has 3 heterocycles. The number of amides is 2. The van der Waals surface area contributed by atoms with E-state index in [0.29, 0.717) is 68.8 Å². The summed E-state index contributed by atoms with van der Waals surface area (Å²) in [5, 5.41) is 118. The standard InChI is InChI=1S/C69H98N2O22/c1-36-57(91-61-56(84)54(82)44(77)34-88-61)53(81)40(31-73)60(89-36)92-58-55(83)52(71-51(80)14-9-8-10-27-70-59(85)38-17-15-37(16-18-38)33-87-45-13-11-12-43(76)39(45)30-72)46(32-74)90-62(58)93-63(86)69-26-25-64(2,3)28-42(69)41-19-20-48-65(4)23-22-49(78)66(5,35-75)47(65)21-24-67(48,6)68(41,7)29-50(69)79/h11-13,15-19,30,35-36,40,42,44,46-50,52-58,60-62,73-74,76-79,81-84H,8-10,14,20-29,31-34H2,1-7H3,(H,70,85)(H,71,80)/t36?,40?,42?,44-,46?,47+,48?,49+,50?,52+,53?,54?,55?,56?,57+,58?,60+,61+,62+,65?,66?,67?,68?,69-/m1/s1. The number of phenols is 1.